The van der Waals surface area contributed by atoms with Gasteiger partial charge in [0.1, 0.15) is 9.21 Å². The molecule has 0 atom stereocenters. The highest BCUT2D eigenvalue weighted by molar-refractivity contribution is 9.13. The van der Waals surface area contributed by atoms with Crippen LogP contribution in [0.1, 0.15) is 10.6 Å². The molecular weight excluding hydrogens is 418 g/mol. The van der Waals surface area contributed by atoms with E-state index in [1.807, 2.05) is 12.1 Å². The van der Waals surface area contributed by atoms with Gasteiger partial charge in [-0.05, 0) is 56.1 Å². The number of hydrogen-bond donors (Lipinski definition) is 2. The Morgan fingerprint density at radius 3 is 2.35 bits per heavy atom. The minimum atomic E-state index is -0.293. The number of benzene rings is 1. The third-order valence-corrected chi connectivity index (χ3v) is 4.14. The minimum Gasteiger partial charge on any atom is -0.328 e. The van der Waals surface area contributed by atoms with E-state index in [1.54, 1.807) is 12.1 Å². The first-order chi connectivity index (χ1) is 8.06. The van der Waals surface area contributed by atoms with Crippen molar-refractivity contribution in [1.82, 2.24) is 9.97 Å². The summed E-state index contributed by atoms with van der Waals surface area (Å²) in [5.41, 5.74) is 0.710. The molecule has 2 aromatic rings. The van der Waals surface area contributed by atoms with Crippen molar-refractivity contribution in [3.63, 3.8) is 0 Å². The minimum absolute atomic E-state index is 0.242. The summed E-state index contributed by atoms with van der Waals surface area (Å²) in [5.74, 6) is -0.0506. The lowest BCUT2D eigenvalue weighted by molar-refractivity contribution is 0.101. The lowest BCUT2D eigenvalue weighted by Gasteiger charge is -2.02. The van der Waals surface area contributed by atoms with Crippen molar-refractivity contribution in [2.45, 2.75) is 0 Å². The number of imidazole rings is 1. The number of aromatic nitrogens is 2. The van der Waals surface area contributed by atoms with Gasteiger partial charge in [0.25, 0.3) is 5.91 Å². The fourth-order valence-corrected chi connectivity index (χ4v) is 1.98. The molecule has 0 aliphatic rings. The van der Waals surface area contributed by atoms with Crippen LogP contribution in [-0.4, -0.2) is 15.9 Å². The number of rotatable bonds is 2. The Morgan fingerprint density at radius 2 is 1.82 bits per heavy atom. The number of anilines is 1. The first-order valence-electron chi connectivity index (χ1n) is 4.54. The molecule has 1 amide bonds. The van der Waals surface area contributed by atoms with Gasteiger partial charge in [0.05, 0.1) is 0 Å². The first-order valence-corrected chi connectivity index (χ1v) is 6.92. The van der Waals surface area contributed by atoms with Gasteiger partial charge in [0.15, 0.2) is 5.82 Å². The van der Waals surface area contributed by atoms with Crippen LogP contribution < -0.4 is 5.32 Å². The van der Waals surface area contributed by atoms with Crippen molar-refractivity contribution in [1.29, 1.82) is 0 Å². The van der Waals surface area contributed by atoms with E-state index in [-0.39, 0.29) is 11.7 Å². The summed E-state index contributed by atoms with van der Waals surface area (Å²) >= 11 is 9.76. The standard InChI is InChI=1S/C10H6Br3N3O/c11-5-1-3-6(4-2-5)14-10(17)9-15-7(12)8(13)16-9/h1-4H,(H,14,17)(H,15,16). The zero-order valence-electron chi connectivity index (χ0n) is 8.30. The molecule has 7 heteroatoms. The zero-order chi connectivity index (χ0) is 12.4. The molecule has 0 spiro atoms. The van der Waals surface area contributed by atoms with Crippen LogP contribution in [0.4, 0.5) is 5.69 Å². The molecule has 1 aromatic heterocycles. The van der Waals surface area contributed by atoms with Crippen molar-refractivity contribution >= 4 is 59.4 Å². The zero-order valence-corrected chi connectivity index (χ0v) is 13.1. The van der Waals surface area contributed by atoms with E-state index >= 15 is 0 Å². The third-order valence-electron chi connectivity index (χ3n) is 1.94. The van der Waals surface area contributed by atoms with Gasteiger partial charge in [-0.1, -0.05) is 15.9 Å². The van der Waals surface area contributed by atoms with Crippen molar-refractivity contribution < 1.29 is 4.79 Å². The van der Waals surface area contributed by atoms with Gasteiger partial charge in [-0.2, -0.15) is 0 Å². The van der Waals surface area contributed by atoms with Gasteiger partial charge in [0, 0.05) is 10.2 Å². The Labute approximate surface area is 123 Å². The number of hydrogen-bond acceptors (Lipinski definition) is 2. The number of amides is 1. The maximum atomic E-state index is 11.8. The third kappa shape index (κ3) is 3.17. The molecule has 88 valence electrons. The Kier molecular flexibility index (Phi) is 4.01. The molecule has 0 saturated heterocycles. The highest BCUT2D eigenvalue weighted by Crippen LogP contribution is 2.20. The van der Waals surface area contributed by atoms with Crippen molar-refractivity contribution in [2.24, 2.45) is 0 Å². The second-order valence-corrected chi connectivity index (χ2v) is 5.61. The molecule has 1 aromatic carbocycles. The summed E-state index contributed by atoms with van der Waals surface area (Å²) < 4.78 is 2.16. The average Bonchev–Trinajstić information content (AvgIpc) is 2.63. The van der Waals surface area contributed by atoms with Gasteiger partial charge in [-0.3, -0.25) is 4.79 Å². The van der Waals surface area contributed by atoms with Gasteiger partial charge < -0.3 is 10.3 Å². The summed E-state index contributed by atoms with van der Waals surface area (Å²) in [6.45, 7) is 0. The highest BCUT2D eigenvalue weighted by atomic mass is 79.9. The number of carbonyl (C=O) groups is 1. The molecule has 0 radical (unpaired) electrons. The predicted molar refractivity (Wildman–Crippen MR) is 76.1 cm³/mol. The molecule has 2 N–H and O–H groups in total. The Bertz CT molecular complexity index is 531. The molecule has 0 saturated carbocycles. The Balaban J connectivity index is 2.14. The van der Waals surface area contributed by atoms with Crippen LogP contribution in [0.3, 0.4) is 0 Å². The molecule has 0 aliphatic heterocycles. The smallest absolute Gasteiger partial charge is 0.291 e. The molecular formula is C10H6Br3N3O. The molecule has 2 rings (SSSR count). The normalized spacial score (nSPS) is 10.3. The topological polar surface area (TPSA) is 57.8 Å². The highest BCUT2D eigenvalue weighted by Gasteiger charge is 2.12. The lowest BCUT2D eigenvalue weighted by atomic mass is 10.3. The van der Waals surface area contributed by atoms with Crippen molar-refractivity contribution in [3.8, 4) is 0 Å². The summed E-state index contributed by atoms with van der Waals surface area (Å²) in [6, 6.07) is 7.30. The summed E-state index contributed by atoms with van der Waals surface area (Å²) in [7, 11) is 0. The van der Waals surface area contributed by atoms with E-state index in [0.29, 0.717) is 14.9 Å². The molecule has 0 bridgehead atoms. The van der Waals surface area contributed by atoms with E-state index in [4.69, 9.17) is 0 Å². The quantitative estimate of drug-likeness (QED) is 0.768. The van der Waals surface area contributed by atoms with Crippen LogP contribution in [0.25, 0.3) is 0 Å². The van der Waals surface area contributed by atoms with E-state index in [1.165, 1.54) is 0 Å². The van der Waals surface area contributed by atoms with Gasteiger partial charge in [-0.25, -0.2) is 4.98 Å². The fourth-order valence-electron chi connectivity index (χ4n) is 1.16. The monoisotopic (exact) mass is 421 g/mol. The first kappa shape index (κ1) is 12.8. The van der Waals surface area contributed by atoms with Crippen molar-refractivity contribution in [3.05, 3.63) is 43.8 Å². The average molecular weight is 424 g/mol. The second kappa shape index (κ2) is 5.32. The number of H-pyrrole nitrogens is 1. The van der Waals surface area contributed by atoms with Crippen LogP contribution in [-0.2, 0) is 0 Å². The fraction of sp³-hybridized carbons (Fsp3) is 0. The largest absolute Gasteiger partial charge is 0.328 e. The number of halogens is 3. The lowest BCUT2D eigenvalue weighted by Crippen LogP contribution is -2.13. The molecule has 4 nitrogen and oxygen atoms in total. The van der Waals surface area contributed by atoms with E-state index in [9.17, 15) is 4.79 Å². The van der Waals surface area contributed by atoms with Crippen LogP contribution in [0.15, 0.2) is 37.9 Å². The second-order valence-electron chi connectivity index (χ2n) is 3.15. The van der Waals surface area contributed by atoms with E-state index < -0.39 is 0 Å². The molecule has 17 heavy (non-hydrogen) atoms. The number of carbonyl (C=O) groups excluding carboxylic acids is 1. The maximum absolute atomic E-state index is 11.8. The Morgan fingerprint density at radius 1 is 1.18 bits per heavy atom. The summed E-state index contributed by atoms with van der Waals surface area (Å²) in [5, 5.41) is 2.73. The van der Waals surface area contributed by atoms with E-state index in [0.717, 1.165) is 4.47 Å². The molecule has 0 fully saturated rings. The predicted octanol–water partition coefficient (Wildman–Crippen LogP) is 3.95. The van der Waals surface area contributed by atoms with Crippen LogP contribution in [0.5, 0.6) is 0 Å². The van der Waals surface area contributed by atoms with E-state index in [2.05, 4.69) is 63.1 Å². The SMILES string of the molecule is O=C(Nc1ccc(Br)cc1)c1nc(Br)c(Br)[nH]1. The summed E-state index contributed by atoms with van der Waals surface area (Å²) in [6.07, 6.45) is 0. The van der Waals surface area contributed by atoms with Gasteiger partial charge >= 0.3 is 0 Å². The van der Waals surface area contributed by atoms with Crippen LogP contribution in [0, 0.1) is 0 Å². The number of nitrogens with zero attached hydrogens (tertiary/aromatic N) is 1. The van der Waals surface area contributed by atoms with Crippen LogP contribution >= 0.6 is 47.8 Å². The number of aromatic amines is 1. The molecule has 0 unspecified atom stereocenters. The summed E-state index contributed by atoms with van der Waals surface area (Å²) in [4.78, 5) is 18.6. The van der Waals surface area contributed by atoms with Crippen molar-refractivity contribution in [2.75, 3.05) is 5.32 Å². The number of nitrogens with one attached hydrogen (secondary N) is 2. The molecule has 0 aliphatic carbocycles. The van der Waals surface area contributed by atoms with Gasteiger partial charge in [0.2, 0.25) is 0 Å². The molecule has 1 heterocycles. The van der Waals surface area contributed by atoms with Gasteiger partial charge in [-0.15, -0.1) is 0 Å². The van der Waals surface area contributed by atoms with Crippen LogP contribution in [0.2, 0.25) is 0 Å². The Hall–Kier alpha value is -0.660. The maximum Gasteiger partial charge on any atom is 0.291 e.